The number of nitrogens with one attached hydrogen (secondary N) is 1. The largest absolute Gasteiger partial charge is 0.467 e. The van der Waals surface area contributed by atoms with Crippen molar-refractivity contribution < 1.29 is 23.9 Å². The standard InChI is InChI=1S/C19H26N2O5/c1-13(2)16(18(23)25-3)20-17(22)15-10-7-11-21(15)19(24)26-12-14-8-5-4-6-9-14/h4-6,8-9,13,15-16H,7,10-12H2,1-3H3,(H,20,22)/t15-,16-/m1/s1. The Hall–Kier alpha value is -2.57. The minimum absolute atomic E-state index is 0.119. The molecule has 26 heavy (non-hydrogen) atoms. The van der Waals surface area contributed by atoms with Crippen molar-refractivity contribution in [1.29, 1.82) is 0 Å². The molecule has 1 aromatic carbocycles. The number of methoxy groups -OCH3 is 1. The van der Waals surface area contributed by atoms with Crippen LogP contribution >= 0.6 is 0 Å². The van der Waals surface area contributed by atoms with Crippen LogP contribution in [-0.4, -0.2) is 48.6 Å². The maximum Gasteiger partial charge on any atom is 0.410 e. The van der Waals surface area contributed by atoms with Crippen molar-refractivity contribution in [2.45, 2.75) is 45.4 Å². The molecule has 2 rings (SSSR count). The third-order valence-electron chi connectivity index (χ3n) is 4.41. The van der Waals surface area contributed by atoms with E-state index >= 15 is 0 Å². The van der Waals surface area contributed by atoms with Crippen molar-refractivity contribution in [2.75, 3.05) is 13.7 Å². The first-order chi connectivity index (χ1) is 12.4. The van der Waals surface area contributed by atoms with Crippen LogP contribution in [0.5, 0.6) is 0 Å². The summed E-state index contributed by atoms with van der Waals surface area (Å²) in [4.78, 5) is 38.2. The minimum atomic E-state index is -0.740. The lowest BCUT2D eigenvalue weighted by Gasteiger charge is -2.26. The van der Waals surface area contributed by atoms with Crippen LogP contribution in [0.2, 0.25) is 0 Å². The minimum Gasteiger partial charge on any atom is -0.467 e. The summed E-state index contributed by atoms with van der Waals surface area (Å²) in [7, 11) is 1.28. The number of amides is 2. The van der Waals surface area contributed by atoms with Crippen molar-refractivity contribution >= 4 is 18.0 Å². The summed E-state index contributed by atoms with van der Waals surface area (Å²) in [5.74, 6) is -0.973. The Labute approximate surface area is 153 Å². The molecule has 0 aliphatic carbocycles. The van der Waals surface area contributed by atoms with E-state index in [4.69, 9.17) is 9.47 Å². The Balaban J connectivity index is 1.96. The fourth-order valence-corrected chi connectivity index (χ4v) is 2.93. The quantitative estimate of drug-likeness (QED) is 0.784. The number of ether oxygens (including phenoxy) is 2. The number of hydrogen-bond donors (Lipinski definition) is 1. The molecule has 1 fully saturated rings. The van der Waals surface area contributed by atoms with Gasteiger partial charge in [0.25, 0.3) is 0 Å². The number of benzene rings is 1. The molecule has 7 heteroatoms. The summed E-state index contributed by atoms with van der Waals surface area (Å²) in [5, 5.41) is 2.70. The zero-order valence-electron chi connectivity index (χ0n) is 15.4. The predicted molar refractivity (Wildman–Crippen MR) is 95.1 cm³/mol. The first kappa shape index (κ1) is 19.8. The highest BCUT2D eigenvalue weighted by molar-refractivity contribution is 5.90. The molecule has 2 amide bonds. The van der Waals surface area contributed by atoms with Gasteiger partial charge in [-0.1, -0.05) is 44.2 Å². The molecule has 1 saturated heterocycles. The number of rotatable bonds is 6. The van der Waals surface area contributed by atoms with Gasteiger partial charge in [-0.15, -0.1) is 0 Å². The van der Waals surface area contributed by atoms with Crippen molar-refractivity contribution in [3.05, 3.63) is 35.9 Å². The second kappa shape index (κ2) is 9.22. The van der Waals surface area contributed by atoms with E-state index in [-0.39, 0.29) is 18.4 Å². The van der Waals surface area contributed by atoms with Gasteiger partial charge in [0, 0.05) is 6.54 Å². The van der Waals surface area contributed by atoms with Gasteiger partial charge in [0.05, 0.1) is 7.11 Å². The van der Waals surface area contributed by atoms with Gasteiger partial charge in [0.15, 0.2) is 0 Å². The van der Waals surface area contributed by atoms with E-state index in [1.807, 2.05) is 44.2 Å². The van der Waals surface area contributed by atoms with Crippen molar-refractivity contribution in [2.24, 2.45) is 5.92 Å². The fourth-order valence-electron chi connectivity index (χ4n) is 2.93. The van der Waals surface area contributed by atoms with Gasteiger partial charge in [0.1, 0.15) is 18.7 Å². The topological polar surface area (TPSA) is 84.9 Å². The smallest absolute Gasteiger partial charge is 0.410 e. The molecule has 1 aromatic rings. The molecule has 1 aliphatic heterocycles. The predicted octanol–water partition coefficient (Wildman–Crippen LogP) is 2.10. The Morgan fingerprint density at radius 1 is 1.23 bits per heavy atom. The van der Waals surface area contributed by atoms with Crippen LogP contribution < -0.4 is 5.32 Å². The van der Waals surface area contributed by atoms with E-state index in [1.165, 1.54) is 12.0 Å². The van der Waals surface area contributed by atoms with Crippen LogP contribution in [0.3, 0.4) is 0 Å². The normalized spacial score (nSPS) is 17.7. The lowest BCUT2D eigenvalue weighted by molar-refractivity contribution is -0.146. The van der Waals surface area contributed by atoms with Crippen molar-refractivity contribution in [1.82, 2.24) is 10.2 Å². The second-order valence-corrected chi connectivity index (χ2v) is 6.65. The van der Waals surface area contributed by atoms with Gasteiger partial charge in [-0.3, -0.25) is 9.69 Å². The monoisotopic (exact) mass is 362 g/mol. The fraction of sp³-hybridized carbons (Fsp3) is 0.526. The molecule has 1 aliphatic rings. The molecule has 142 valence electrons. The molecule has 7 nitrogen and oxygen atoms in total. The average molecular weight is 362 g/mol. The van der Waals surface area contributed by atoms with Gasteiger partial charge in [0.2, 0.25) is 5.91 Å². The number of esters is 1. The molecule has 0 aromatic heterocycles. The molecule has 1 N–H and O–H groups in total. The molecule has 0 radical (unpaired) electrons. The van der Waals surface area contributed by atoms with Crippen LogP contribution in [0, 0.1) is 5.92 Å². The zero-order valence-corrected chi connectivity index (χ0v) is 15.4. The Morgan fingerprint density at radius 2 is 1.92 bits per heavy atom. The van der Waals surface area contributed by atoms with Gasteiger partial charge < -0.3 is 14.8 Å². The Kier molecular flexibility index (Phi) is 7.00. The van der Waals surface area contributed by atoms with Gasteiger partial charge in [-0.05, 0) is 24.3 Å². The lowest BCUT2D eigenvalue weighted by Crippen LogP contribution is -2.52. The van der Waals surface area contributed by atoms with Crippen LogP contribution in [0.25, 0.3) is 0 Å². The van der Waals surface area contributed by atoms with E-state index in [2.05, 4.69) is 5.32 Å². The summed E-state index contributed by atoms with van der Waals surface area (Å²) in [6.45, 7) is 4.25. The number of likely N-dealkylation sites (tertiary alicyclic amines) is 1. The molecule has 1 heterocycles. The van der Waals surface area contributed by atoms with Crippen LogP contribution in [0.15, 0.2) is 30.3 Å². The number of nitrogens with zero attached hydrogens (tertiary/aromatic N) is 1. The Bertz CT molecular complexity index is 632. The highest BCUT2D eigenvalue weighted by Crippen LogP contribution is 2.20. The summed E-state index contributed by atoms with van der Waals surface area (Å²) < 4.78 is 10.1. The Morgan fingerprint density at radius 3 is 2.54 bits per heavy atom. The summed E-state index contributed by atoms with van der Waals surface area (Å²) in [6.07, 6.45) is 0.729. The van der Waals surface area contributed by atoms with Crippen LogP contribution in [0.4, 0.5) is 4.79 Å². The molecule has 0 bridgehead atoms. The van der Waals surface area contributed by atoms with E-state index in [1.54, 1.807) is 0 Å². The SMILES string of the molecule is COC(=O)[C@H](NC(=O)[C@H]1CCCN1C(=O)OCc1ccccc1)C(C)C. The summed E-state index contributed by atoms with van der Waals surface area (Å²) in [6, 6.07) is 7.98. The molecule has 2 atom stereocenters. The highest BCUT2D eigenvalue weighted by atomic mass is 16.6. The molecule has 0 saturated carbocycles. The first-order valence-corrected chi connectivity index (χ1v) is 8.79. The lowest BCUT2D eigenvalue weighted by atomic mass is 10.0. The van der Waals surface area contributed by atoms with E-state index < -0.39 is 24.1 Å². The summed E-state index contributed by atoms with van der Waals surface area (Å²) in [5.41, 5.74) is 0.881. The maximum atomic E-state index is 12.6. The van der Waals surface area contributed by atoms with E-state index in [9.17, 15) is 14.4 Å². The number of hydrogen-bond acceptors (Lipinski definition) is 5. The third-order valence-corrected chi connectivity index (χ3v) is 4.41. The van der Waals surface area contributed by atoms with E-state index in [0.29, 0.717) is 19.4 Å². The average Bonchev–Trinajstić information content (AvgIpc) is 3.14. The number of carbonyl (C=O) groups excluding carboxylic acids is 3. The first-order valence-electron chi connectivity index (χ1n) is 8.79. The molecule has 0 spiro atoms. The second-order valence-electron chi connectivity index (χ2n) is 6.65. The summed E-state index contributed by atoms with van der Waals surface area (Å²) >= 11 is 0. The van der Waals surface area contributed by atoms with Crippen LogP contribution in [-0.2, 0) is 25.7 Å². The van der Waals surface area contributed by atoms with Gasteiger partial charge in [-0.25, -0.2) is 9.59 Å². The van der Waals surface area contributed by atoms with Gasteiger partial charge in [-0.2, -0.15) is 0 Å². The van der Waals surface area contributed by atoms with Crippen LogP contribution in [0.1, 0.15) is 32.3 Å². The van der Waals surface area contributed by atoms with E-state index in [0.717, 1.165) is 5.56 Å². The zero-order chi connectivity index (χ0) is 19.1. The molecular formula is C19H26N2O5. The van der Waals surface area contributed by atoms with Gasteiger partial charge >= 0.3 is 12.1 Å². The van der Waals surface area contributed by atoms with Crippen molar-refractivity contribution in [3.8, 4) is 0 Å². The molecular weight excluding hydrogens is 336 g/mol. The molecule has 0 unspecified atom stereocenters. The highest BCUT2D eigenvalue weighted by Gasteiger charge is 2.37. The van der Waals surface area contributed by atoms with Crippen molar-refractivity contribution in [3.63, 3.8) is 0 Å². The number of carbonyl (C=O) groups is 3. The maximum absolute atomic E-state index is 12.6. The third kappa shape index (κ3) is 4.97.